The fourth-order valence-electron chi connectivity index (χ4n) is 1.96. The molecule has 1 aliphatic heterocycles. The number of pyridine rings is 1. The lowest BCUT2D eigenvalue weighted by Crippen LogP contribution is -2.35. The van der Waals surface area contributed by atoms with Gasteiger partial charge in [-0.25, -0.2) is 4.98 Å². The number of anilines is 1. The predicted molar refractivity (Wildman–Crippen MR) is 65.1 cm³/mol. The summed E-state index contributed by atoms with van der Waals surface area (Å²) in [6.07, 6.45) is 1.93. The minimum atomic E-state index is -0.393. The van der Waals surface area contributed by atoms with Crippen LogP contribution in [0.5, 0.6) is 0 Å². The van der Waals surface area contributed by atoms with Crippen molar-refractivity contribution in [3.63, 3.8) is 0 Å². The van der Waals surface area contributed by atoms with E-state index in [0.29, 0.717) is 5.82 Å². The molecule has 0 aliphatic carbocycles. The van der Waals surface area contributed by atoms with Gasteiger partial charge in [-0.15, -0.1) is 0 Å². The van der Waals surface area contributed by atoms with E-state index in [1.807, 2.05) is 6.92 Å². The first-order valence-corrected chi connectivity index (χ1v) is 5.76. The molecule has 0 radical (unpaired) electrons. The van der Waals surface area contributed by atoms with Crippen molar-refractivity contribution in [2.45, 2.75) is 25.8 Å². The number of nitrogens with one attached hydrogen (secondary N) is 2. The van der Waals surface area contributed by atoms with E-state index < -0.39 is 4.92 Å². The average Bonchev–Trinajstić information content (AvgIpc) is 2.30. The summed E-state index contributed by atoms with van der Waals surface area (Å²) < 4.78 is 0. The van der Waals surface area contributed by atoms with Crippen molar-refractivity contribution in [2.24, 2.45) is 0 Å². The van der Waals surface area contributed by atoms with Crippen LogP contribution in [0, 0.1) is 17.0 Å². The Morgan fingerprint density at radius 1 is 1.47 bits per heavy atom. The minimum Gasteiger partial charge on any atom is -0.362 e. The lowest BCUT2D eigenvalue weighted by atomic mass is 10.1. The monoisotopic (exact) mass is 236 g/mol. The van der Waals surface area contributed by atoms with Crippen molar-refractivity contribution in [3.8, 4) is 0 Å². The Morgan fingerprint density at radius 3 is 2.82 bits per heavy atom. The highest BCUT2D eigenvalue weighted by Crippen LogP contribution is 2.23. The predicted octanol–water partition coefficient (Wildman–Crippen LogP) is 1.46. The molecule has 1 fully saturated rings. The summed E-state index contributed by atoms with van der Waals surface area (Å²) >= 11 is 0. The standard InChI is InChI=1S/C11H16N4O2/c1-8-2-3-10(15(16)17)11(13-8)14-9-4-6-12-7-5-9/h2-3,9,12H,4-7H2,1H3,(H,13,14). The number of aromatic nitrogens is 1. The van der Waals surface area contributed by atoms with Gasteiger partial charge in [0.25, 0.3) is 0 Å². The number of nitro groups is 1. The molecule has 0 saturated carbocycles. The van der Waals surface area contributed by atoms with Crippen molar-refractivity contribution >= 4 is 11.5 Å². The van der Waals surface area contributed by atoms with E-state index in [9.17, 15) is 10.1 Å². The third-order valence-electron chi connectivity index (χ3n) is 2.89. The Balaban J connectivity index is 2.17. The van der Waals surface area contributed by atoms with E-state index in [-0.39, 0.29) is 11.7 Å². The molecule has 17 heavy (non-hydrogen) atoms. The van der Waals surface area contributed by atoms with Crippen LogP contribution < -0.4 is 10.6 Å². The Bertz CT molecular complexity index is 416. The van der Waals surface area contributed by atoms with Gasteiger partial charge in [0, 0.05) is 17.8 Å². The maximum Gasteiger partial charge on any atom is 0.311 e. The van der Waals surface area contributed by atoms with Crippen LogP contribution in [0.15, 0.2) is 12.1 Å². The van der Waals surface area contributed by atoms with Gasteiger partial charge < -0.3 is 10.6 Å². The SMILES string of the molecule is Cc1ccc([N+](=O)[O-])c(NC2CCNCC2)n1. The number of rotatable bonds is 3. The molecule has 0 amide bonds. The molecule has 1 aliphatic rings. The zero-order valence-electron chi connectivity index (χ0n) is 9.77. The van der Waals surface area contributed by atoms with E-state index >= 15 is 0 Å². The summed E-state index contributed by atoms with van der Waals surface area (Å²) in [5.41, 5.74) is 0.834. The third-order valence-corrected chi connectivity index (χ3v) is 2.89. The second kappa shape index (κ2) is 5.09. The van der Waals surface area contributed by atoms with Crippen molar-refractivity contribution in [1.29, 1.82) is 0 Å². The molecule has 0 bridgehead atoms. The summed E-state index contributed by atoms with van der Waals surface area (Å²) in [7, 11) is 0. The van der Waals surface area contributed by atoms with Crippen molar-refractivity contribution in [2.75, 3.05) is 18.4 Å². The second-order valence-corrected chi connectivity index (χ2v) is 4.25. The molecule has 2 heterocycles. The molecule has 1 aromatic heterocycles. The first kappa shape index (κ1) is 11.8. The Hall–Kier alpha value is -1.69. The molecular weight excluding hydrogens is 220 g/mol. The summed E-state index contributed by atoms with van der Waals surface area (Å²) in [4.78, 5) is 14.7. The van der Waals surface area contributed by atoms with E-state index in [0.717, 1.165) is 31.6 Å². The lowest BCUT2D eigenvalue weighted by Gasteiger charge is -2.24. The van der Waals surface area contributed by atoms with Gasteiger partial charge in [0.1, 0.15) is 0 Å². The molecule has 0 unspecified atom stereocenters. The molecule has 92 valence electrons. The van der Waals surface area contributed by atoms with E-state index in [1.54, 1.807) is 6.07 Å². The molecule has 1 aromatic rings. The van der Waals surface area contributed by atoms with Crippen LogP contribution in [-0.2, 0) is 0 Å². The molecule has 2 N–H and O–H groups in total. The summed E-state index contributed by atoms with van der Waals surface area (Å²) in [6, 6.07) is 3.43. The summed E-state index contributed by atoms with van der Waals surface area (Å²) in [6.45, 7) is 3.71. The number of hydrogen-bond donors (Lipinski definition) is 2. The van der Waals surface area contributed by atoms with Gasteiger partial charge in [-0.2, -0.15) is 0 Å². The van der Waals surface area contributed by atoms with Crippen LogP contribution in [0.1, 0.15) is 18.5 Å². The van der Waals surface area contributed by atoms with Crippen molar-refractivity contribution in [3.05, 3.63) is 27.9 Å². The van der Waals surface area contributed by atoms with Crippen LogP contribution in [0.25, 0.3) is 0 Å². The third kappa shape index (κ3) is 2.91. The van der Waals surface area contributed by atoms with Gasteiger partial charge in [0.05, 0.1) is 4.92 Å². The van der Waals surface area contributed by atoms with Crippen LogP contribution in [0.2, 0.25) is 0 Å². The normalized spacial score (nSPS) is 16.8. The van der Waals surface area contributed by atoms with Gasteiger partial charge in [0.15, 0.2) is 0 Å². The highest BCUT2D eigenvalue weighted by Gasteiger charge is 2.20. The van der Waals surface area contributed by atoms with Gasteiger partial charge >= 0.3 is 5.69 Å². The zero-order chi connectivity index (χ0) is 12.3. The highest BCUT2D eigenvalue weighted by molar-refractivity contribution is 5.56. The van der Waals surface area contributed by atoms with Gasteiger partial charge in [-0.05, 0) is 38.9 Å². The lowest BCUT2D eigenvalue weighted by molar-refractivity contribution is -0.384. The molecule has 2 rings (SSSR count). The Labute approximate surface area is 99.6 Å². The van der Waals surface area contributed by atoms with Crippen LogP contribution >= 0.6 is 0 Å². The first-order valence-electron chi connectivity index (χ1n) is 5.76. The summed E-state index contributed by atoms with van der Waals surface area (Å²) in [5, 5.41) is 17.3. The molecule has 6 heteroatoms. The van der Waals surface area contributed by atoms with E-state index in [2.05, 4.69) is 15.6 Å². The smallest absolute Gasteiger partial charge is 0.311 e. The minimum absolute atomic E-state index is 0.0501. The van der Waals surface area contributed by atoms with Crippen LogP contribution in [0.3, 0.4) is 0 Å². The van der Waals surface area contributed by atoms with Gasteiger partial charge in [-0.3, -0.25) is 10.1 Å². The Morgan fingerprint density at radius 2 is 2.18 bits per heavy atom. The largest absolute Gasteiger partial charge is 0.362 e. The second-order valence-electron chi connectivity index (χ2n) is 4.25. The Kier molecular flexibility index (Phi) is 3.53. The fraction of sp³-hybridized carbons (Fsp3) is 0.545. The molecule has 1 saturated heterocycles. The summed E-state index contributed by atoms with van der Waals surface area (Å²) in [5.74, 6) is 0.391. The molecule has 0 spiro atoms. The molecular formula is C11H16N4O2. The topological polar surface area (TPSA) is 80.1 Å². The van der Waals surface area contributed by atoms with Crippen molar-refractivity contribution in [1.82, 2.24) is 10.3 Å². The number of aryl methyl sites for hydroxylation is 1. The number of piperidine rings is 1. The zero-order valence-corrected chi connectivity index (χ0v) is 9.77. The number of hydrogen-bond acceptors (Lipinski definition) is 5. The van der Waals surface area contributed by atoms with Gasteiger partial charge in [-0.1, -0.05) is 0 Å². The van der Waals surface area contributed by atoms with Crippen molar-refractivity contribution < 1.29 is 4.92 Å². The average molecular weight is 236 g/mol. The number of nitrogens with zero attached hydrogens (tertiary/aromatic N) is 2. The molecule has 0 atom stereocenters. The maximum atomic E-state index is 10.9. The van der Waals surface area contributed by atoms with E-state index in [4.69, 9.17) is 0 Å². The molecule has 6 nitrogen and oxygen atoms in total. The molecule has 0 aromatic carbocycles. The van der Waals surface area contributed by atoms with Crippen LogP contribution in [-0.4, -0.2) is 29.0 Å². The highest BCUT2D eigenvalue weighted by atomic mass is 16.6. The fourth-order valence-corrected chi connectivity index (χ4v) is 1.96. The quantitative estimate of drug-likeness (QED) is 0.613. The van der Waals surface area contributed by atoms with E-state index in [1.165, 1.54) is 6.07 Å². The maximum absolute atomic E-state index is 10.9. The first-order chi connectivity index (χ1) is 8.16. The van der Waals surface area contributed by atoms with Gasteiger partial charge in [0.2, 0.25) is 5.82 Å². The van der Waals surface area contributed by atoms with Crippen LogP contribution in [0.4, 0.5) is 11.5 Å².